The summed E-state index contributed by atoms with van der Waals surface area (Å²) in [6, 6.07) is 11.7. The molecule has 5 nitrogen and oxygen atoms in total. The number of aryl methyl sites for hydroxylation is 1. The average molecular weight is 433 g/mol. The molecular formula is C20H21ClN4OS2. The molecule has 0 saturated carbocycles. The third-order valence-corrected chi connectivity index (χ3v) is 7.71. The van der Waals surface area contributed by atoms with Gasteiger partial charge in [-0.3, -0.25) is 4.68 Å². The number of nitrogens with one attached hydrogen (secondary N) is 1. The van der Waals surface area contributed by atoms with Crippen LogP contribution in [0, 0.1) is 6.92 Å². The highest BCUT2D eigenvalue weighted by Gasteiger charge is 2.15. The van der Waals surface area contributed by atoms with Gasteiger partial charge in [0, 0.05) is 27.3 Å². The summed E-state index contributed by atoms with van der Waals surface area (Å²) in [5.41, 5.74) is 2.85. The van der Waals surface area contributed by atoms with Crippen molar-refractivity contribution in [1.82, 2.24) is 14.7 Å². The SMILES string of the molecule is Cc1c(S(=O)Nc2ccc3cnn(CCN(C)C)c3c2)sc2ccc(Cl)cc12. The molecule has 2 aromatic heterocycles. The third kappa shape index (κ3) is 3.80. The zero-order chi connectivity index (χ0) is 19.8. The molecule has 2 aromatic carbocycles. The highest BCUT2D eigenvalue weighted by Crippen LogP contribution is 2.35. The minimum absolute atomic E-state index is 0.690. The van der Waals surface area contributed by atoms with E-state index in [1.807, 2.05) is 68.3 Å². The van der Waals surface area contributed by atoms with E-state index in [2.05, 4.69) is 14.7 Å². The van der Waals surface area contributed by atoms with E-state index in [0.717, 1.165) is 49.5 Å². The molecule has 0 saturated heterocycles. The Balaban J connectivity index is 1.61. The molecule has 0 bridgehead atoms. The van der Waals surface area contributed by atoms with Crippen molar-refractivity contribution in [2.24, 2.45) is 0 Å². The maximum atomic E-state index is 13.0. The van der Waals surface area contributed by atoms with Gasteiger partial charge in [0.15, 0.2) is 11.0 Å². The molecule has 0 amide bonds. The second-order valence-electron chi connectivity index (χ2n) is 6.97. The van der Waals surface area contributed by atoms with Crippen LogP contribution in [0.25, 0.3) is 21.0 Å². The number of aromatic nitrogens is 2. The predicted octanol–water partition coefficient (Wildman–Crippen LogP) is 4.91. The minimum atomic E-state index is -1.35. The van der Waals surface area contributed by atoms with Crippen LogP contribution in [0.5, 0.6) is 0 Å². The predicted molar refractivity (Wildman–Crippen MR) is 120 cm³/mol. The molecule has 1 unspecified atom stereocenters. The van der Waals surface area contributed by atoms with Crippen LogP contribution in [-0.2, 0) is 17.5 Å². The van der Waals surface area contributed by atoms with Crippen molar-refractivity contribution >= 4 is 60.6 Å². The molecule has 0 aliphatic carbocycles. The largest absolute Gasteiger partial charge is 0.308 e. The number of halogens is 1. The van der Waals surface area contributed by atoms with Gasteiger partial charge >= 0.3 is 0 Å². The maximum Gasteiger partial charge on any atom is 0.160 e. The summed E-state index contributed by atoms with van der Waals surface area (Å²) < 4.78 is 20.0. The topological polar surface area (TPSA) is 50.2 Å². The number of anilines is 1. The Morgan fingerprint density at radius 2 is 2.07 bits per heavy atom. The number of thiophene rings is 1. The van der Waals surface area contributed by atoms with E-state index in [9.17, 15) is 4.21 Å². The Hall–Kier alpha value is -1.93. The smallest absolute Gasteiger partial charge is 0.160 e. The number of likely N-dealkylation sites (N-methyl/N-ethyl adjacent to an activating group) is 1. The molecule has 0 aliphatic rings. The molecule has 1 N–H and O–H groups in total. The number of benzene rings is 2. The van der Waals surface area contributed by atoms with Gasteiger partial charge in [-0.15, -0.1) is 11.3 Å². The van der Waals surface area contributed by atoms with Crippen LogP contribution in [0.4, 0.5) is 5.69 Å². The molecule has 28 heavy (non-hydrogen) atoms. The summed E-state index contributed by atoms with van der Waals surface area (Å²) in [6.45, 7) is 3.70. The Morgan fingerprint density at radius 1 is 1.25 bits per heavy atom. The van der Waals surface area contributed by atoms with E-state index >= 15 is 0 Å². The normalized spacial score (nSPS) is 12.9. The van der Waals surface area contributed by atoms with Crippen molar-refractivity contribution in [3.63, 3.8) is 0 Å². The van der Waals surface area contributed by atoms with Crippen LogP contribution in [0.1, 0.15) is 5.56 Å². The summed E-state index contributed by atoms with van der Waals surface area (Å²) in [5, 5.41) is 7.29. The van der Waals surface area contributed by atoms with Crippen LogP contribution in [0.3, 0.4) is 0 Å². The Labute approximate surface area is 175 Å². The van der Waals surface area contributed by atoms with Gasteiger partial charge < -0.3 is 9.62 Å². The van der Waals surface area contributed by atoms with Gasteiger partial charge in [0.1, 0.15) is 4.21 Å². The number of hydrogen-bond donors (Lipinski definition) is 1. The first-order valence-electron chi connectivity index (χ1n) is 8.90. The number of rotatable bonds is 6. The fourth-order valence-electron chi connectivity index (χ4n) is 3.11. The standard InChI is InChI=1S/C20H21ClN4OS2/c1-13-17-10-15(21)5-7-19(17)27-20(13)28(26)23-16-6-4-14-12-22-25(18(14)11-16)9-8-24(2)3/h4-7,10-12,23H,8-9H2,1-3H3. The van der Waals surface area contributed by atoms with Crippen molar-refractivity contribution < 1.29 is 4.21 Å². The van der Waals surface area contributed by atoms with Crippen molar-refractivity contribution in [3.8, 4) is 0 Å². The molecule has 0 radical (unpaired) electrons. The first kappa shape index (κ1) is 19.4. The molecule has 1 atom stereocenters. The van der Waals surface area contributed by atoms with Crippen LogP contribution in [0.2, 0.25) is 5.02 Å². The lowest BCUT2D eigenvalue weighted by molar-refractivity contribution is 0.377. The quantitative estimate of drug-likeness (QED) is 0.471. The highest BCUT2D eigenvalue weighted by molar-refractivity contribution is 7.88. The van der Waals surface area contributed by atoms with Crippen molar-refractivity contribution in [3.05, 3.63) is 53.2 Å². The van der Waals surface area contributed by atoms with Crippen LogP contribution in [-0.4, -0.2) is 39.5 Å². The molecular weight excluding hydrogens is 412 g/mol. The fourth-order valence-corrected chi connectivity index (χ4v) is 5.72. The Bertz CT molecular complexity index is 1180. The molecule has 0 spiro atoms. The fraction of sp³-hybridized carbons (Fsp3) is 0.250. The molecule has 0 aliphatic heterocycles. The Morgan fingerprint density at radius 3 is 2.86 bits per heavy atom. The van der Waals surface area contributed by atoms with Crippen molar-refractivity contribution in [2.45, 2.75) is 17.7 Å². The zero-order valence-corrected chi connectivity index (χ0v) is 18.3. The van der Waals surface area contributed by atoms with Gasteiger partial charge in [-0.05, 0) is 68.4 Å². The van der Waals surface area contributed by atoms with Crippen LogP contribution < -0.4 is 4.72 Å². The van der Waals surface area contributed by atoms with E-state index < -0.39 is 11.0 Å². The molecule has 0 fully saturated rings. The second-order valence-corrected chi connectivity index (χ2v) is 9.87. The Kier molecular flexibility index (Phi) is 5.42. The van der Waals surface area contributed by atoms with E-state index in [4.69, 9.17) is 11.6 Å². The molecule has 146 valence electrons. The van der Waals surface area contributed by atoms with E-state index in [-0.39, 0.29) is 0 Å². The first-order chi connectivity index (χ1) is 13.4. The summed E-state index contributed by atoms with van der Waals surface area (Å²) in [7, 11) is 2.74. The highest BCUT2D eigenvalue weighted by atomic mass is 35.5. The molecule has 2 heterocycles. The van der Waals surface area contributed by atoms with E-state index in [0.29, 0.717) is 5.02 Å². The first-order valence-corrected chi connectivity index (χ1v) is 11.2. The van der Waals surface area contributed by atoms with E-state index in [1.54, 1.807) is 0 Å². The van der Waals surface area contributed by atoms with Gasteiger partial charge in [0.25, 0.3) is 0 Å². The van der Waals surface area contributed by atoms with Gasteiger partial charge in [0.2, 0.25) is 0 Å². The molecule has 8 heteroatoms. The number of fused-ring (bicyclic) bond motifs is 2. The molecule has 4 rings (SSSR count). The minimum Gasteiger partial charge on any atom is -0.308 e. The number of nitrogens with zero attached hydrogens (tertiary/aromatic N) is 3. The van der Waals surface area contributed by atoms with Crippen molar-refractivity contribution in [2.75, 3.05) is 25.4 Å². The van der Waals surface area contributed by atoms with Gasteiger partial charge in [-0.2, -0.15) is 5.10 Å². The second kappa shape index (κ2) is 7.83. The van der Waals surface area contributed by atoms with Gasteiger partial charge in [-0.1, -0.05) is 11.6 Å². The van der Waals surface area contributed by atoms with Crippen molar-refractivity contribution in [1.29, 1.82) is 0 Å². The lowest BCUT2D eigenvalue weighted by Gasteiger charge is -2.11. The van der Waals surface area contributed by atoms with Gasteiger partial charge in [0.05, 0.1) is 18.3 Å². The lowest BCUT2D eigenvalue weighted by atomic mass is 10.2. The summed E-state index contributed by atoms with van der Waals surface area (Å²) in [4.78, 5) is 2.13. The molecule has 4 aromatic rings. The summed E-state index contributed by atoms with van der Waals surface area (Å²) in [6.07, 6.45) is 1.87. The zero-order valence-electron chi connectivity index (χ0n) is 15.9. The van der Waals surface area contributed by atoms with Crippen LogP contribution >= 0.6 is 22.9 Å². The van der Waals surface area contributed by atoms with E-state index in [1.165, 1.54) is 11.3 Å². The van der Waals surface area contributed by atoms with Gasteiger partial charge in [-0.25, -0.2) is 4.21 Å². The average Bonchev–Trinajstić information content (AvgIpc) is 3.21. The maximum absolute atomic E-state index is 13.0. The monoisotopic (exact) mass is 432 g/mol. The third-order valence-electron chi connectivity index (χ3n) is 4.64. The number of hydrogen-bond acceptors (Lipinski definition) is 4. The summed E-state index contributed by atoms with van der Waals surface area (Å²) in [5.74, 6) is 0. The summed E-state index contributed by atoms with van der Waals surface area (Å²) >= 11 is 7.65. The van der Waals surface area contributed by atoms with Crippen LogP contribution in [0.15, 0.2) is 46.8 Å². The lowest BCUT2D eigenvalue weighted by Crippen LogP contribution is -2.18.